The van der Waals surface area contributed by atoms with E-state index in [0.29, 0.717) is 11.5 Å². The predicted octanol–water partition coefficient (Wildman–Crippen LogP) is 4.99. The molecule has 10 heteroatoms. The molecule has 0 aliphatic heterocycles. The largest absolute Gasteiger partial charge is 0.481 e. The Morgan fingerprint density at radius 1 is 1.21 bits per heavy atom. The van der Waals surface area contributed by atoms with Crippen molar-refractivity contribution in [2.24, 2.45) is 14.1 Å². The number of aliphatic carboxylic acids is 1. The quantitative estimate of drug-likeness (QED) is 0.307. The summed E-state index contributed by atoms with van der Waals surface area (Å²) in [6.45, 7) is 1.92. The van der Waals surface area contributed by atoms with Crippen molar-refractivity contribution in [1.29, 1.82) is 0 Å². The molecule has 202 valence electrons. The molecule has 5 aromatic rings. The zero-order valence-electron chi connectivity index (χ0n) is 22.6. The summed E-state index contributed by atoms with van der Waals surface area (Å²) in [7, 11) is 5.25. The first-order valence-corrected chi connectivity index (χ1v) is 13.3. The van der Waals surface area contributed by atoms with Crippen molar-refractivity contribution in [3.8, 4) is 28.3 Å². The second-order valence-corrected chi connectivity index (χ2v) is 10.6. The topological polar surface area (TPSA) is 120 Å². The second-order valence-electron chi connectivity index (χ2n) is 10.6. The maximum absolute atomic E-state index is 13.6. The molecule has 1 unspecified atom stereocenters. The molecule has 0 saturated heterocycles. The van der Waals surface area contributed by atoms with E-state index in [2.05, 4.69) is 10.1 Å². The first-order chi connectivity index (χ1) is 18.8. The molecule has 0 spiro atoms. The molecule has 39 heavy (non-hydrogen) atoms. The third-order valence-corrected chi connectivity index (χ3v) is 8.07. The van der Waals surface area contributed by atoms with E-state index in [1.807, 2.05) is 49.0 Å². The van der Waals surface area contributed by atoms with E-state index in [4.69, 9.17) is 9.72 Å². The molecule has 1 aliphatic carbocycles. The molecule has 4 heterocycles. The van der Waals surface area contributed by atoms with Crippen LogP contribution in [0, 0.1) is 0 Å². The number of benzene rings is 1. The number of carboxylic acid groups (broad SMARTS) is 1. The number of H-pyrrole nitrogens is 1. The minimum Gasteiger partial charge on any atom is -0.481 e. The van der Waals surface area contributed by atoms with Gasteiger partial charge in [-0.2, -0.15) is 0 Å². The lowest BCUT2D eigenvalue weighted by Crippen LogP contribution is -2.24. The number of hydrogen-bond donors (Lipinski definition) is 2. The highest BCUT2D eigenvalue weighted by Gasteiger charge is 2.28. The number of pyridine rings is 1. The van der Waals surface area contributed by atoms with Gasteiger partial charge in [0.2, 0.25) is 5.88 Å². The van der Waals surface area contributed by atoms with Gasteiger partial charge in [0, 0.05) is 31.9 Å². The summed E-state index contributed by atoms with van der Waals surface area (Å²) in [5, 5.41) is 14.6. The van der Waals surface area contributed by atoms with Crippen molar-refractivity contribution in [3.05, 3.63) is 52.7 Å². The normalized spacial score (nSPS) is 15.0. The van der Waals surface area contributed by atoms with Crippen LogP contribution in [0.2, 0.25) is 0 Å². The fourth-order valence-corrected chi connectivity index (χ4v) is 6.12. The van der Waals surface area contributed by atoms with E-state index in [0.717, 1.165) is 70.1 Å². The van der Waals surface area contributed by atoms with Gasteiger partial charge in [-0.3, -0.25) is 18.6 Å². The van der Waals surface area contributed by atoms with Gasteiger partial charge < -0.3 is 14.8 Å². The van der Waals surface area contributed by atoms with Crippen LogP contribution in [0.1, 0.15) is 56.6 Å². The van der Waals surface area contributed by atoms with Crippen molar-refractivity contribution in [3.63, 3.8) is 0 Å². The zero-order chi connectivity index (χ0) is 27.4. The monoisotopic (exact) mass is 528 g/mol. The number of nitrogens with zero attached hydrogens (tertiary/aromatic N) is 5. The van der Waals surface area contributed by atoms with E-state index < -0.39 is 5.97 Å². The molecule has 2 N–H and O–H groups in total. The molecule has 0 bridgehead atoms. The third kappa shape index (κ3) is 4.02. The number of aromatic nitrogens is 6. The predicted molar refractivity (Wildman–Crippen MR) is 149 cm³/mol. The van der Waals surface area contributed by atoms with Gasteiger partial charge >= 0.3 is 11.7 Å². The third-order valence-electron chi connectivity index (χ3n) is 8.07. The Labute approximate surface area is 224 Å². The maximum Gasteiger partial charge on any atom is 0.329 e. The summed E-state index contributed by atoms with van der Waals surface area (Å²) >= 11 is 0. The van der Waals surface area contributed by atoms with Crippen molar-refractivity contribution in [2.45, 2.75) is 51.0 Å². The average Bonchev–Trinajstić information content (AvgIpc) is 3.69. The Hall–Kier alpha value is -4.34. The van der Waals surface area contributed by atoms with Crippen molar-refractivity contribution >= 4 is 28.0 Å². The van der Waals surface area contributed by atoms with Gasteiger partial charge in [-0.25, -0.2) is 9.78 Å². The Bertz CT molecular complexity index is 1770. The molecule has 1 atom stereocenters. The van der Waals surface area contributed by atoms with Crippen LogP contribution in [0.15, 0.2) is 41.5 Å². The Morgan fingerprint density at radius 2 is 1.92 bits per heavy atom. The minimum absolute atomic E-state index is 0.0308. The molecule has 0 radical (unpaired) electrons. The number of carboxylic acids is 1. The van der Waals surface area contributed by atoms with Crippen molar-refractivity contribution in [1.82, 2.24) is 28.9 Å². The van der Waals surface area contributed by atoms with Gasteiger partial charge in [-0.05, 0) is 29.9 Å². The van der Waals surface area contributed by atoms with E-state index in [-0.39, 0.29) is 24.1 Å². The lowest BCUT2D eigenvalue weighted by atomic mass is 9.93. The van der Waals surface area contributed by atoms with Crippen LogP contribution in [-0.2, 0) is 18.9 Å². The highest BCUT2D eigenvalue weighted by Crippen LogP contribution is 2.44. The average molecular weight is 529 g/mol. The molecule has 10 nitrogen and oxygen atoms in total. The number of nitrogens with one attached hydrogen (secondary N) is 1. The number of imidazole rings is 1. The summed E-state index contributed by atoms with van der Waals surface area (Å²) in [5.74, 6) is -0.460. The zero-order valence-corrected chi connectivity index (χ0v) is 22.6. The van der Waals surface area contributed by atoms with E-state index in [1.54, 1.807) is 29.6 Å². The van der Waals surface area contributed by atoms with Gasteiger partial charge in [0.05, 0.1) is 47.4 Å². The van der Waals surface area contributed by atoms with E-state index in [1.165, 1.54) is 0 Å². The van der Waals surface area contributed by atoms with Crippen LogP contribution in [0.25, 0.3) is 44.5 Å². The van der Waals surface area contributed by atoms with Crippen molar-refractivity contribution in [2.75, 3.05) is 7.11 Å². The van der Waals surface area contributed by atoms with Gasteiger partial charge in [-0.15, -0.1) is 5.10 Å². The van der Waals surface area contributed by atoms with Crippen LogP contribution in [0.4, 0.5) is 0 Å². The van der Waals surface area contributed by atoms with Crippen LogP contribution >= 0.6 is 0 Å². The van der Waals surface area contributed by atoms with Crippen molar-refractivity contribution < 1.29 is 14.6 Å². The highest BCUT2D eigenvalue weighted by atomic mass is 16.5. The first-order valence-electron chi connectivity index (χ1n) is 13.3. The van der Waals surface area contributed by atoms with Crippen LogP contribution < -0.4 is 10.4 Å². The number of aromatic amines is 1. The van der Waals surface area contributed by atoms with Gasteiger partial charge in [0.15, 0.2) is 0 Å². The van der Waals surface area contributed by atoms with Crippen LogP contribution in [0.5, 0.6) is 5.88 Å². The van der Waals surface area contributed by atoms with E-state index in [9.17, 15) is 14.7 Å². The summed E-state index contributed by atoms with van der Waals surface area (Å²) in [4.78, 5) is 33.1. The van der Waals surface area contributed by atoms with Crippen LogP contribution in [0.3, 0.4) is 0 Å². The molecule has 1 aliphatic rings. The number of ether oxygens (including phenoxy) is 1. The van der Waals surface area contributed by atoms with Gasteiger partial charge in [-0.1, -0.05) is 44.0 Å². The fraction of sp³-hybridized carbons (Fsp3) is 0.379. The summed E-state index contributed by atoms with van der Waals surface area (Å²) in [6.07, 6.45) is 7.90. The number of hydrogen-bond acceptors (Lipinski definition) is 5. The van der Waals surface area contributed by atoms with Gasteiger partial charge in [0.25, 0.3) is 0 Å². The minimum atomic E-state index is -0.823. The molecular formula is C29H32N6O4. The highest BCUT2D eigenvalue weighted by molar-refractivity contribution is 6.14. The summed E-state index contributed by atoms with van der Waals surface area (Å²) in [5.41, 5.74) is 6.69. The summed E-state index contributed by atoms with van der Waals surface area (Å²) in [6, 6.07) is 8.14. The number of rotatable bonds is 7. The number of fused-ring (bicyclic) bond motifs is 3. The number of carbonyl (C=O) groups is 1. The first kappa shape index (κ1) is 25.0. The molecule has 0 amide bonds. The molecule has 1 fully saturated rings. The Kier molecular flexibility index (Phi) is 6.05. The lowest BCUT2D eigenvalue weighted by Gasteiger charge is -2.13. The molecular weight excluding hydrogens is 496 g/mol. The fourth-order valence-electron chi connectivity index (χ4n) is 6.12. The lowest BCUT2D eigenvalue weighted by molar-refractivity contribution is -0.137. The Balaban J connectivity index is 1.67. The van der Waals surface area contributed by atoms with E-state index >= 15 is 0 Å². The SMILES string of the molecule is COc1nn(C)cc1-c1[nH]c2ncc3c(c2c1-c1ccc(C(C)CC(=O)O)cc1)n(C1CCCC1)c(=O)n3C. The maximum atomic E-state index is 13.6. The number of aryl methyl sites for hydroxylation is 2. The number of methoxy groups -OCH3 is 1. The molecule has 1 aromatic carbocycles. The van der Waals surface area contributed by atoms with Gasteiger partial charge in [0.1, 0.15) is 5.65 Å². The Morgan fingerprint density at radius 3 is 2.59 bits per heavy atom. The summed E-state index contributed by atoms with van der Waals surface area (Å²) < 4.78 is 11.0. The molecule has 4 aromatic heterocycles. The smallest absolute Gasteiger partial charge is 0.329 e. The standard InChI is InChI=1S/C29H32N6O4/c1-16(13-22(36)37)17-9-11-18(12-10-17)23-24-26-21(34(3)29(38)35(26)19-7-5-6-8-19)14-30-27(24)31-25(23)20-15-33(2)32-28(20)39-4/h9-12,14-16,19H,5-8,13H2,1-4H3,(H,30,31)(H,36,37). The molecule has 6 rings (SSSR count). The molecule has 1 saturated carbocycles. The second kappa shape index (κ2) is 9.44. The van der Waals surface area contributed by atoms with Crippen LogP contribution in [-0.4, -0.2) is 47.1 Å².